The fraction of sp³-hybridized carbons (Fsp3) is 0.571. The Balaban J connectivity index is 1.80. The molecule has 2 bridgehead atoms. The highest BCUT2D eigenvalue weighted by Gasteiger charge is 2.48. The van der Waals surface area contributed by atoms with E-state index in [2.05, 4.69) is 16.4 Å². The average Bonchev–Trinajstić information content (AvgIpc) is 2.86. The van der Waals surface area contributed by atoms with Crippen LogP contribution in [0.1, 0.15) is 37.7 Å². The molecule has 0 unspecified atom stereocenters. The van der Waals surface area contributed by atoms with Crippen molar-refractivity contribution in [2.45, 2.75) is 38.1 Å². The molecule has 2 aliphatic carbocycles. The van der Waals surface area contributed by atoms with Crippen LogP contribution in [0.3, 0.4) is 0 Å². The molecule has 1 aromatic rings. The van der Waals surface area contributed by atoms with Crippen LogP contribution in [0.4, 0.5) is 5.82 Å². The average molecular weight is 245 g/mol. The number of nitrogen functional groups attached to an aromatic ring is 1. The molecule has 3 N–H and O–H groups in total. The molecular formula is C14H19N3O. The van der Waals surface area contributed by atoms with Gasteiger partial charge in [-0.15, -0.1) is 0 Å². The molecule has 0 aliphatic heterocycles. The molecule has 3 rings (SSSR count). The maximum Gasteiger partial charge on any atom is 0.217 e. The number of fused-ring (bicyclic) bond motifs is 2. The Morgan fingerprint density at radius 1 is 1.44 bits per heavy atom. The van der Waals surface area contributed by atoms with Crippen LogP contribution >= 0.6 is 0 Å². The Morgan fingerprint density at radius 3 is 2.94 bits per heavy atom. The second-order valence-corrected chi connectivity index (χ2v) is 5.59. The first-order valence-electron chi connectivity index (χ1n) is 6.63. The van der Waals surface area contributed by atoms with Crippen molar-refractivity contribution < 1.29 is 4.79 Å². The van der Waals surface area contributed by atoms with E-state index in [0.717, 1.165) is 0 Å². The largest absolute Gasteiger partial charge is 0.384 e. The fourth-order valence-corrected chi connectivity index (χ4v) is 3.81. The summed E-state index contributed by atoms with van der Waals surface area (Å²) in [5, 5.41) is 3.13. The summed E-state index contributed by atoms with van der Waals surface area (Å²) in [5.74, 6) is 2.41. The smallest absolute Gasteiger partial charge is 0.217 e. The Hall–Kier alpha value is -1.58. The molecule has 4 heteroatoms. The van der Waals surface area contributed by atoms with Crippen molar-refractivity contribution in [3.05, 3.63) is 23.9 Å². The van der Waals surface area contributed by atoms with Gasteiger partial charge < -0.3 is 11.1 Å². The highest BCUT2D eigenvalue weighted by atomic mass is 16.1. The molecule has 2 saturated carbocycles. The first-order chi connectivity index (χ1) is 8.65. The number of carbonyl (C=O) groups is 1. The number of anilines is 1. The van der Waals surface area contributed by atoms with E-state index >= 15 is 0 Å². The quantitative estimate of drug-likeness (QED) is 0.833. The van der Waals surface area contributed by atoms with Crippen LogP contribution in [-0.2, 0) is 4.79 Å². The molecule has 4 nitrogen and oxygen atoms in total. The number of carbonyl (C=O) groups excluding carboxylic acids is 1. The fourth-order valence-electron chi connectivity index (χ4n) is 3.81. The Labute approximate surface area is 107 Å². The summed E-state index contributed by atoms with van der Waals surface area (Å²) in [6, 6.07) is 4.32. The number of rotatable bonds is 2. The molecule has 0 spiro atoms. The standard InChI is InChI=1S/C14H19N3O/c1-8(18)17-14-9-2-4-11(14)12(6-9)10-3-5-13(15)16-7-10/h3,5,7,9,11-12,14H,2,4,6H2,1H3,(H2,15,16)(H,17,18)/t9-,11+,12+,14-/m0/s1. The van der Waals surface area contributed by atoms with Crippen molar-refractivity contribution in [2.24, 2.45) is 11.8 Å². The van der Waals surface area contributed by atoms with E-state index in [9.17, 15) is 4.79 Å². The predicted molar refractivity (Wildman–Crippen MR) is 69.8 cm³/mol. The van der Waals surface area contributed by atoms with Gasteiger partial charge in [0, 0.05) is 19.2 Å². The van der Waals surface area contributed by atoms with Gasteiger partial charge in [0.25, 0.3) is 0 Å². The van der Waals surface area contributed by atoms with E-state index < -0.39 is 0 Å². The number of hydrogen-bond donors (Lipinski definition) is 2. The molecule has 0 saturated heterocycles. The van der Waals surface area contributed by atoms with Gasteiger partial charge in [-0.05, 0) is 48.6 Å². The number of pyridine rings is 1. The maximum absolute atomic E-state index is 11.3. The third-order valence-corrected chi connectivity index (χ3v) is 4.52. The molecule has 4 atom stereocenters. The van der Waals surface area contributed by atoms with Crippen molar-refractivity contribution in [3.8, 4) is 0 Å². The molecular weight excluding hydrogens is 226 g/mol. The number of amides is 1. The van der Waals surface area contributed by atoms with Crippen LogP contribution in [0, 0.1) is 11.8 Å². The van der Waals surface area contributed by atoms with Gasteiger partial charge in [-0.1, -0.05) is 6.07 Å². The summed E-state index contributed by atoms with van der Waals surface area (Å²) >= 11 is 0. The number of aromatic nitrogens is 1. The summed E-state index contributed by atoms with van der Waals surface area (Å²) in [5.41, 5.74) is 6.90. The number of nitrogens with one attached hydrogen (secondary N) is 1. The first kappa shape index (κ1) is 11.5. The molecule has 1 heterocycles. The van der Waals surface area contributed by atoms with E-state index in [1.165, 1.54) is 24.8 Å². The van der Waals surface area contributed by atoms with E-state index in [0.29, 0.717) is 29.6 Å². The molecule has 18 heavy (non-hydrogen) atoms. The van der Waals surface area contributed by atoms with Crippen molar-refractivity contribution in [1.29, 1.82) is 0 Å². The van der Waals surface area contributed by atoms with E-state index in [-0.39, 0.29) is 5.91 Å². The van der Waals surface area contributed by atoms with Crippen molar-refractivity contribution in [2.75, 3.05) is 5.73 Å². The zero-order valence-corrected chi connectivity index (χ0v) is 10.6. The molecule has 2 fully saturated rings. The van der Waals surface area contributed by atoms with Gasteiger partial charge in [0.2, 0.25) is 5.91 Å². The molecule has 1 aromatic heterocycles. The van der Waals surface area contributed by atoms with Crippen LogP contribution in [0.5, 0.6) is 0 Å². The number of hydrogen-bond acceptors (Lipinski definition) is 3. The van der Waals surface area contributed by atoms with Crippen molar-refractivity contribution >= 4 is 11.7 Å². The highest BCUT2D eigenvalue weighted by molar-refractivity contribution is 5.73. The normalized spacial score (nSPS) is 33.6. The third kappa shape index (κ3) is 1.85. The van der Waals surface area contributed by atoms with Gasteiger partial charge in [0.05, 0.1) is 0 Å². The summed E-state index contributed by atoms with van der Waals surface area (Å²) in [6.07, 6.45) is 5.52. The summed E-state index contributed by atoms with van der Waals surface area (Å²) < 4.78 is 0. The Bertz CT molecular complexity index is 457. The zero-order valence-electron chi connectivity index (χ0n) is 10.6. The van der Waals surface area contributed by atoms with Crippen LogP contribution in [0.25, 0.3) is 0 Å². The van der Waals surface area contributed by atoms with Gasteiger partial charge in [-0.2, -0.15) is 0 Å². The predicted octanol–water partition coefficient (Wildman–Crippen LogP) is 1.68. The summed E-state index contributed by atoms with van der Waals surface area (Å²) in [7, 11) is 0. The van der Waals surface area contributed by atoms with Crippen LogP contribution in [0.15, 0.2) is 18.3 Å². The lowest BCUT2D eigenvalue weighted by Gasteiger charge is -2.22. The second-order valence-electron chi connectivity index (χ2n) is 5.59. The van der Waals surface area contributed by atoms with Crippen LogP contribution < -0.4 is 11.1 Å². The minimum Gasteiger partial charge on any atom is -0.384 e. The Kier molecular flexibility index (Phi) is 2.73. The minimum atomic E-state index is 0.0907. The zero-order chi connectivity index (χ0) is 12.7. The van der Waals surface area contributed by atoms with E-state index in [4.69, 9.17) is 5.73 Å². The summed E-state index contributed by atoms with van der Waals surface area (Å²) in [4.78, 5) is 15.5. The van der Waals surface area contributed by atoms with E-state index in [1.54, 1.807) is 6.92 Å². The topological polar surface area (TPSA) is 68.0 Å². The van der Waals surface area contributed by atoms with E-state index in [1.807, 2.05) is 12.3 Å². The minimum absolute atomic E-state index is 0.0907. The number of nitrogens with zero attached hydrogens (tertiary/aromatic N) is 1. The maximum atomic E-state index is 11.3. The Morgan fingerprint density at radius 2 is 2.28 bits per heavy atom. The van der Waals surface area contributed by atoms with Crippen LogP contribution in [0.2, 0.25) is 0 Å². The van der Waals surface area contributed by atoms with Crippen molar-refractivity contribution in [1.82, 2.24) is 10.3 Å². The summed E-state index contributed by atoms with van der Waals surface area (Å²) in [6.45, 7) is 1.61. The van der Waals surface area contributed by atoms with Gasteiger partial charge >= 0.3 is 0 Å². The SMILES string of the molecule is CC(=O)N[C@H]1[C@H]2CC[C@@H]1[C@@H](c1ccc(N)nc1)C2. The van der Waals surface area contributed by atoms with Gasteiger partial charge in [0.1, 0.15) is 5.82 Å². The molecule has 0 aromatic carbocycles. The van der Waals surface area contributed by atoms with Gasteiger partial charge in [-0.3, -0.25) is 4.79 Å². The highest BCUT2D eigenvalue weighted by Crippen LogP contribution is 2.52. The molecule has 1 amide bonds. The lowest BCUT2D eigenvalue weighted by atomic mass is 9.84. The third-order valence-electron chi connectivity index (χ3n) is 4.52. The number of nitrogens with two attached hydrogens (primary N) is 1. The van der Waals surface area contributed by atoms with Gasteiger partial charge in [-0.25, -0.2) is 4.98 Å². The van der Waals surface area contributed by atoms with Crippen LogP contribution in [-0.4, -0.2) is 16.9 Å². The molecule has 0 radical (unpaired) electrons. The molecule has 2 aliphatic rings. The van der Waals surface area contributed by atoms with Crippen molar-refractivity contribution in [3.63, 3.8) is 0 Å². The lowest BCUT2D eigenvalue weighted by Crippen LogP contribution is -2.37. The second kappa shape index (κ2) is 4.26. The van der Waals surface area contributed by atoms with Gasteiger partial charge in [0.15, 0.2) is 0 Å². The first-order valence-corrected chi connectivity index (χ1v) is 6.63. The molecule has 96 valence electrons. The monoisotopic (exact) mass is 245 g/mol. The lowest BCUT2D eigenvalue weighted by molar-refractivity contribution is -0.120.